The summed E-state index contributed by atoms with van der Waals surface area (Å²) in [7, 11) is 0. The molecule has 0 bridgehead atoms. The summed E-state index contributed by atoms with van der Waals surface area (Å²) in [5.41, 5.74) is 0.662. The van der Waals surface area contributed by atoms with Gasteiger partial charge in [-0.15, -0.1) is 0 Å². The van der Waals surface area contributed by atoms with E-state index in [2.05, 4.69) is 13.8 Å². The Morgan fingerprint density at radius 1 is 1.18 bits per heavy atom. The van der Waals surface area contributed by atoms with E-state index in [0.717, 1.165) is 25.0 Å². The molecule has 1 aromatic rings. The smallest absolute Gasteiger partial charge is 0.309 e. The van der Waals surface area contributed by atoms with E-state index < -0.39 is 11.9 Å². The first-order chi connectivity index (χ1) is 13.5. The number of carboxylic acid groups (broad SMARTS) is 1. The fraction of sp³-hybridized carbons (Fsp3) is 0.636. The van der Waals surface area contributed by atoms with Crippen LogP contribution in [0.5, 0.6) is 5.75 Å². The molecular weight excluding hydrogens is 358 g/mol. The van der Waals surface area contributed by atoms with E-state index in [-0.39, 0.29) is 17.9 Å². The number of carbonyl (C=O) groups is 2. The molecular formula is C22H31NO5. The van der Waals surface area contributed by atoms with Crippen LogP contribution in [-0.4, -0.2) is 54.3 Å². The van der Waals surface area contributed by atoms with Gasteiger partial charge in [0.1, 0.15) is 5.75 Å². The van der Waals surface area contributed by atoms with E-state index in [1.54, 1.807) is 0 Å². The number of carbonyl (C=O) groups excluding carboxylic acids is 1. The lowest BCUT2D eigenvalue weighted by Crippen LogP contribution is -2.43. The van der Waals surface area contributed by atoms with Crippen LogP contribution in [0.25, 0.3) is 0 Å². The summed E-state index contributed by atoms with van der Waals surface area (Å²) in [5, 5.41) is 9.35. The van der Waals surface area contributed by atoms with E-state index in [0.29, 0.717) is 44.2 Å². The van der Waals surface area contributed by atoms with Crippen molar-refractivity contribution in [3.8, 4) is 5.75 Å². The van der Waals surface area contributed by atoms with Gasteiger partial charge in [-0.05, 0) is 61.8 Å². The molecule has 2 saturated heterocycles. The van der Waals surface area contributed by atoms with Crippen LogP contribution in [0.4, 0.5) is 0 Å². The zero-order chi connectivity index (χ0) is 20.1. The van der Waals surface area contributed by atoms with Gasteiger partial charge in [0, 0.05) is 25.3 Å². The molecule has 0 aromatic heterocycles. The molecule has 2 heterocycles. The van der Waals surface area contributed by atoms with E-state index in [1.807, 2.05) is 29.2 Å². The standard InChI is InChI=1S/C22H31NO5/c1-15(2)9-13-27-18-5-3-17(4-6-18)21(24)23-11-7-16(8-12-23)20-19(22(25)26)10-14-28-20/h3-6,15-16,19-20H,7-14H2,1-2H3,(H,25,26)/t19?,20-/m0/s1. The molecule has 28 heavy (non-hydrogen) atoms. The van der Waals surface area contributed by atoms with Crippen molar-refractivity contribution in [1.29, 1.82) is 0 Å². The van der Waals surface area contributed by atoms with Crippen molar-refractivity contribution < 1.29 is 24.2 Å². The number of rotatable bonds is 7. The predicted molar refractivity (Wildman–Crippen MR) is 106 cm³/mol. The molecule has 2 atom stereocenters. The van der Waals surface area contributed by atoms with Gasteiger partial charge in [0.15, 0.2) is 0 Å². The van der Waals surface area contributed by atoms with Gasteiger partial charge < -0.3 is 19.5 Å². The van der Waals surface area contributed by atoms with Crippen molar-refractivity contribution in [2.24, 2.45) is 17.8 Å². The third kappa shape index (κ3) is 5.04. The SMILES string of the molecule is CC(C)CCOc1ccc(C(=O)N2CCC([C@@H]3OCCC3C(=O)O)CC2)cc1. The highest BCUT2D eigenvalue weighted by molar-refractivity contribution is 5.94. The van der Waals surface area contributed by atoms with E-state index in [1.165, 1.54) is 0 Å². The number of amides is 1. The lowest BCUT2D eigenvalue weighted by Gasteiger charge is -2.35. The zero-order valence-electron chi connectivity index (χ0n) is 16.8. The zero-order valence-corrected chi connectivity index (χ0v) is 16.8. The second kappa shape index (κ2) is 9.41. The minimum absolute atomic E-state index is 0.0225. The van der Waals surface area contributed by atoms with Crippen LogP contribution in [-0.2, 0) is 9.53 Å². The molecule has 1 N–H and O–H groups in total. The molecule has 3 rings (SSSR count). The summed E-state index contributed by atoms with van der Waals surface area (Å²) in [6.45, 7) is 6.81. The molecule has 0 saturated carbocycles. The fourth-order valence-corrected chi connectivity index (χ4v) is 4.06. The summed E-state index contributed by atoms with van der Waals surface area (Å²) in [5.74, 6) is 0.448. The summed E-state index contributed by atoms with van der Waals surface area (Å²) in [6, 6.07) is 7.34. The van der Waals surface area contributed by atoms with Crippen LogP contribution in [0.1, 0.15) is 49.9 Å². The molecule has 1 amide bonds. The Kier molecular flexibility index (Phi) is 6.94. The van der Waals surface area contributed by atoms with Crippen LogP contribution in [0, 0.1) is 17.8 Å². The van der Waals surface area contributed by atoms with Crippen LogP contribution >= 0.6 is 0 Å². The third-order valence-corrected chi connectivity index (χ3v) is 5.81. The summed E-state index contributed by atoms with van der Waals surface area (Å²) < 4.78 is 11.4. The maximum atomic E-state index is 12.8. The summed E-state index contributed by atoms with van der Waals surface area (Å²) >= 11 is 0. The van der Waals surface area contributed by atoms with Crippen molar-refractivity contribution >= 4 is 11.9 Å². The first-order valence-electron chi connectivity index (χ1n) is 10.3. The highest BCUT2D eigenvalue weighted by Crippen LogP contribution is 2.33. The minimum Gasteiger partial charge on any atom is -0.494 e. The topological polar surface area (TPSA) is 76.1 Å². The number of likely N-dealkylation sites (tertiary alicyclic amines) is 1. The Hall–Kier alpha value is -2.08. The second-order valence-electron chi connectivity index (χ2n) is 8.25. The summed E-state index contributed by atoms with van der Waals surface area (Å²) in [6.07, 6.45) is 2.96. The van der Waals surface area contributed by atoms with Gasteiger partial charge in [0.2, 0.25) is 0 Å². The number of benzene rings is 1. The molecule has 0 spiro atoms. The fourth-order valence-electron chi connectivity index (χ4n) is 4.06. The van der Waals surface area contributed by atoms with Crippen molar-refractivity contribution in [3.63, 3.8) is 0 Å². The molecule has 1 aromatic carbocycles. The number of hydrogen-bond acceptors (Lipinski definition) is 4. The maximum absolute atomic E-state index is 12.8. The van der Waals surface area contributed by atoms with Gasteiger partial charge in [0.05, 0.1) is 18.6 Å². The molecule has 2 aliphatic rings. The van der Waals surface area contributed by atoms with Crippen LogP contribution in [0.3, 0.4) is 0 Å². The van der Waals surface area contributed by atoms with E-state index in [9.17, 15) is 14.7 Å². The molecule has 2 fully saturated rings. The first kappa shape index (κ1) is 20.6. The summed E-state index contributed by atoms with van der Waals surface area (Å²) in [4.78, 5) is 26.0. The largest absolute Gasteiger partial charge is 0.494 e. The van der Waals surface area contributed by atoms with E-state index >= 15 is 0 Å². The normalized spacial score (nSPS) is 23.2. The molecule has 0 radical (unpaired) electrons. The number of hydrogen-bond donors (Lipinski definition) is 1. The Morgan fingerprint density at radius 2 is 1.86 bits per heavy atom. The molecule has 0 aliphatic carbocycles. The van der Waals surface area contributed by atoms with Gasteiger partial charge in [-0.2, -0.15) is 0 Å². The number of ether oxygens (including phenoxy) is 2. The monoisotopic (exact) mass is 389 g/mol. The Bertz CT molecular complexity index is 664. The average molecular weight is 389 g/mol. The van der Waals surface area contributed by atoms with Gasteiger partial charge in [-0.3, -0.25) is 9.59 Å². The highest BCUT2D eigenvalue weighted by Gasteiger charge is 2.40. The van der Waals surface area contributed by atoms with Crippen molar-refractivity contribution in [2.45, 2.75) is 45.6 Å². The number of aliphatic carboxylic acids is 1. The average Bonchev–Trinajstić information content (AvgIpc) is 3.18. The van der Waals surface area contributed by atoms with Gasteiger partial charge in [-0.1, -0.05) is 13.8 Å². The first-order valence-corrected chi connectivity index (χ1v) is 10.3. The lowest BCUT2D eigenvalue weighted by atomic mass is 9.84. The quantitative estimate of drug-likeness (QED) is 0.773. The maximum Gasteiger partial charge on any atom is 0.309 e. The molecule has 1 unspecified atom stereocenters. The molecule has 6 heteroatoms. The van der Waals surface area contributed by atoms with Crippen molar-refractivity contribution in [1.82, 2.24) is 4.90 Å². The van der Waals surface area contributed by atoms with E-state index in [4.69, 9.17) is 9.47 Å². The Labute approximate surface area is 166 Å². The van der Waals surface area contributed by atoms with Gasteiger partial charge in [-0.25, -0.2) is 0 Å². The van der Waals surface area contributed by atoms with Crippen molar-refractivity contribution in [3.05, 3.63) is 29.8 Å². The lowest BCUT2D eigenvalue weighted by molar-refractivity contribution is -0.145. The van der Waals surface area contributed by atoms with Gasteiger partial charge >= 0.3 is 5.97 Å². The highest BCUT2D eigenvalue weighted by atomic mass is 16.5. The second-order valence-corrected chi connectivity index (χ2v) is 8.25. The van der Waals surface area contributed by atoms with Crippen LogP contribution in [0.15, 0.2) is 24.3 Å². The molecule has 154 valence electrons. The Morgan fingerprint density at radius 3 is 2.46 bits per heavy atom. The number of nitrogens with zero attached hydrogens (tertiary/aromatic N) is 1. The van der Waals surface area contributed by atoms with Gasteiger partial charge in [0.25, 0.3) is 5.91 Å². The molecule has 2 aliphatic heterocycles. The minimum atomic E-state index is -0.767. The third-order valence-electron chi connectivity index (χ3n) is 5.81. The Balaban J connectivity index is 1.50. The number of carboxylic acids is 1. The molecule has 6 nitrogen and oxygen atoms in total. The van der Waals surface area contributed by atoms with Crippen molar-refractivity contribution in [2.75, 3.05) is 26.3 Å². The predicted octanol–water partition coefficient (Wildman–Crippen LogP) is 3.45. The van der Waals surface area contributed by atoms with Crippen LogP contribution < -0.4 is 4.74 Å². The number of piperidine rings is 1. The van der Waals surface area contributed by atoms with Crippen LogP contribution in [0.2, 0.25) is 0 Å².